The van der Waals surface area contributed by atoms with E-state index in [0.717, 1.165) is 24.2 Å². The molecule has 1 aromatic carbocycles. The van der Waals surface area contributed by atoms with Crippen molar-refractivity contribution in [3.63, 3.8) is 0 Å². The van der Waals surface area contributed by atoms with Crippen LogP contribution in [0.4, 0.5) is 0 Å². The van der Waals surface area contributed by atoms with E-state index in [-0.39, 0.29) is 19.0 Å². The van der Waals surface area contributed by atoms with E-state index in [2.05, 4.69) is 6.92 Å². The molecule has 5 heteroatoms. The fourth-order valence-corrected chi connectivity index (χ4v) is 2.33. The largest absolute Gasteiger partial charge is 0.497 e. The number of hydrogen-bond donors (Lipinski definition) is 0. The van der Waals surface area contributed by atoms with Crippen molar-refractivity contribution in [1.29, 1.82) is 0 Å². The number of carbonyl (C=O) groups excluding carboxylic acids is 1. The molecule has 0 atom stereocenters. The number of unbranched alkanes of at least 4 members (excludes halogenated alkanes) is 3. The van der Waals surface area contributed by atoms with Crippen LogP contribution < -0.4 is 4.74 Å². The minimum absolute atomic E-state index is 0.00190. The number of carbonyl (C=O) groups is 1. The van der Waals surface area contributed by atoms with E-state index < -0.39 is 5.97 Å². The van der Waals surface area contributed by atoms with Crippen molar-refractivity contribution in [2.45, 2.75) is 38.6 Å². The summed E-state index contributed by atoms with van der Waals surface area (Å²) in [5.74, 6) is -0.567. The molecule has 0 N–H and O–H groups in total. The predicted octanol–water partition coefficient (Wildman–Crippen LogP) is 3.58. The van der Waals surface area contributed by atoms with Crippen LogP contribution in [0.3, 0.4) is 0 Å². The third kappa shape index (κ3) is 5.74. The fraction of sp³-hybridized carbons (Fsp3) is 0.526. The maximum absolute atomic E-state index is 11.4. The van der Waals surface area contributed by atoms with E-state index in [9.17, 15) is 4.79 Å². The highest BCUT2D eigenvalue weighted by Gasteiger charge is 2.36. The van der Waals surface area contributed by atoms with Crippen LogP contribution in [-0.4, -0.2) is 38.7 Å². The molecule has 5 nitrogen and oxygen atoms in total. The van der Waals surface area contributed by atoms with Crippen LogP contribution in [0.1, 0.15) is 38.2 Å². The van der Waals surface area contributed by atoms with Crippen LogP contribution >= 0.6 is 0 Å². The lowest BCUT2D eigenvalue weighted by Crippen LogP contribution is -2.45. The van der Waals surface area contributed by atoms with E-state index in [1.807, 2.05) is 30.3 Å². The molecule has 0 unspecified atom stereocenters. The molecular weight excluding hydrogens is 308 g/mol. The van der Waals surface area contributed by atoms with E-state index in [4.69, 9.17) is 18.9 Å². The molecule has 2 rings (SSSR count). The SMILES string of the molecule is CCCCCCOC1(/C=C/c2ccc(OC)cc2)OCC(=O)CO1. The summed E-state index contributed by atoms with van der Waals surface area (Å²) < 4.78 is 22.1. The van der Waals surface area contributed by atoms with Crippen molar-refractivity contribution in [2.75, 3.05) is 26.9 Å². The third-order valence-electron chi connectivity index (χ3n) is 3.77. The Balaban J connectivity index is 1.98. The lowest BCUT2D eigenvalue weighted by molar-refractivity contribution is -0.356. The summed E-state index contributed by atoms with van der Waals surface area (Å²) >= 11 is 0. The molecule has 24 heavy (non-hydrogen) atoms. The average molecular weight is 334 g/mol. The quantitative estimate of drug-likeness (QED) is 0.646. The molecule has 0 radical (unpaired) electrons. The highest BCUT2D eigenvalue weighted by Crippen LogP contribution is 2.24. The zero-order valence-corrected chi connectivity index (χ0v) is 14.5. The number of hydrogen-bond acceptors (Lipinski definition) is 5. The van der Waals surface area contributed by atoms with Crippen molar-refractivity contribution in [2.24, 2.45) is 0 Å². The molecule has 0 saturated carbocycles. The van der Waals surface area contributed by atoms with Crippen molar-refractivity contribution in [3.05, 3.63) is 35.9 Å². The van der Waals surface area contributed by atoms with Gasteiger partial charge in [-0.05, 0) is 24.1 Å². The number of rotatable bonds is 9. The Morgan fingerprint density at radius 3 is 2.46 bits per heavy atom. The van der Waals surface area contributed by atoms with Gasteiger partial charge in [0.25, 0.3) is 0 Å². The Morgan fingerprint density at radius 1 is 1.12 bits per heavy atom. The van der Waals surface area contributed by atoms with Crippen molar-refractivity contribution in [1.82, 2.24) is 0 Å². The van der Waals surface area contributed by atoms with Gasteiger partial charge in [-0.15, -0.1) is 0 Å². The van der Waals surface area contributed by atoms with Gasteiger partial charge in [0.15, 0.2) is 5.78 Å². The normalized spacial score (nSPS) is 17.3. The summed E-state index contributed by atoms with van der Waals surface area (Å²) in [5, 5.41) is 0. The second kappa shape index (κ2) is 9.57. The third-order valence-corrected chi connectivity index (χ3v) is 3.77. The first kappa shape index (κ1) is 18.6. The topological polar surface area (TPSA) is 54.0 Å². The Morgan fingerprint density at radius 2 is 1.83 bits per heavy atom. The molecule has 0 bridgehead atoms. The first-order chi connectivity index (χ1) is 11.7. The summed E-state index contributed by atoms with van der Waals surface area (Å²) in [4.78, 5) is 11.4. The Hall–Kier alpha value is -1.69. The van der Waals surface area contributed by atoms with Gasteiger partial charge in [-0.2, -0.15) is 0 Å². The van der Waals surface area contributed by atoms with Gasteiger partial charge >= 0.3 is 5.97 Å². The molecular formula is C19H26O5. The molecule has 1 aliphatic rings. The van der Waals surface area contributed by atoms with Gasteiger partial charge in [0, 0.05) is 6.08 Å². The van der Waals surface area contributed by atoms with E-state index in [1.54, 1.807) is 13.2 Å². The first-order valence-electron chi connectivity index (χ1n) is 8.44. The van der Waals surface area contributed by atoms with Crippen LogP contribution in [0.2, 0.25) is 0 Å². The van der Waals surface area contributed by atoms with Crippen molar-refractivity contribution < 1.29 is 23.7 Å². The maximum atomic E-state index is 11.4. The van der Waals surface area contributed by atoms with Crippen LogP contribution in [-0.2, 0) is 19.0 Å². The molecule has 1 saturated heterocycles. The molecule has 1 aliphatic heterocycles. The molecule has 0 spiro atoms. The first-order valence-corrected chi connectivity index (χ1v) is 8.44. The Labute approximate surface area is 143 Å². The number of Topliss-reactive ketones (excluding diaryl/α,β-unsaturated/α-hetero) is 1. The second-order valence-electron chi connectivity index (χ2n) is 5.74. The zero-order valence-electron chi connectivity index (χ0n) is 14.5. The number of ketones is 1. The number of ether oxygens (including phenoxy) is 4. The lowest BCUT2D eigenvalue weighted by Gasteiger charge is -2.33. The highest BCUT2D eigenvalue weighted by atomic mass is 16.9. The van der Waals surface area contributed by atoms with Crippen LogP contribution in [0.15, 0.2) is 30.3 Å². The molecule has 1 fully saturated rings. The van der Waals surface area contributed by atoms with Gasteiger partial charge in [-0.3, -0.25) is 4.79 Å². The average Bonchev–Trinajstić information content (AvgIpc) is 2.62. The van der Waals surface area contributed by atoms with Gasteiger partial charge in [-0.25, -0.2) is 0 Å². The summed E-state index contributed by atoms with van der Waals surface area (Å²) in [6.45, 7) is 2.70. The molecule has 1 aromatic rings. The van der Waals surface area contributed by atoms with E-state index in [1.165, 1.54) is 12.8 Å². The fourth-order valence-electron chi connectivity index (χ4n) is 2.33. The summed E-state index contributed by atoms with van der Waals surface area (Å²) in [6, 6.07) is 7.62. The molecule has 0 aliphatic carbocycles. The van der Waals surface area contributed by atoms with Gasteiger partial charge in [-0.1, -0.05) is 44.4 Å². The van der Waals surface area contributed by atoms with Crippen LogP contribution in [0.5, 0.6) is 5.75 Å². The molecule has 1 heterocycles. The van der Waals surface area contributed by atoms with E-state index >= 15 is 0 Å². The van der Waals surface area contributed by atoms with Gasteiger partial charge in [0.05, 0.1) is 13.7 Å². The monoisotopic (exact) mass is 334 g/mol. The lowest BCUT2D eigenvalue weighted by atomic mass is 10.2. The summed E-state index contributed by atoms with van der Waals surface area (Å²) in [6.07, 6.45) is 7.98. The highest BCUT2D eigenvalue weighted by molar-refractivity contribution is 5.81. The Kier molecular flexibility index (Phi) is 7.43. The summed E-state index contributed by atoms with van der Waals surface area (Å²) in [7, 11) is 1.63. The zero-order chi connectivity index (χ0) is 17.3. The number of benzene rings is 1. The van der Waals surface area contributed by atoms with Gasteiger partial charge in [0.2, 0.25) is 0 Å². The standard InChI is InChI=1S/C19H26O5/c1-3-4-5-6-13-22-19(23-14-17(20)15-24-19)12-11-16-7-9-18(21-2)10-8-16/h7-12H,3-6,13-15H2,1-2H3/b12-11+. The summed E-state index contributed by atoms with van der Waals surface area (Å²) in [5.41, 5.74) is 0.967. The van der Waals surface area contributed by atoms with Crippen LogP contribution in [0, 0.1) is 0 Å². The van der Waals surface area contributed by atoms with Gasteiger partial charge in [0.1, 0.15) is 19.0 Å². The second-order valence-corrected chi connectivity index (χ2v) is 5.74. The Bertz CT molecular complexity index is 525. The van der Waals surface area contributed by atoms with Gasteiger partial charge < -0.3 is 18.9 Å². The number of methoxy groups -OCH3 is 1. The smallest absolute Gasteiger partial charge is 0.305 e. The minimum atomic E-state index is -1.28. The predicted molar refractivity (Wildman–Crippen MR) is 91.8 cm³/mol. The molecule has 0 aromatic heterocycles. The maximum Gasteiger partial charge on any atom is 0.305 e. The van der Waals surface area contributed by atoms with Crippen molar-refractivity contribution >= 4 is 11.9 Å². The van der Waals surface area contributed by atoms with Crippen LogP contribution in [0.25, 0.3) is 6.08 Å². The molecule has 0 amide bonds. The minimum Gasteiger partial charge on any atom is -0.497 e. The molecule has 132 valence electrons. The van der Waals surface area contributed by atoms with E-state index in [0.29, 0.717) is 6.61 Å². The van der Waals surface area contributed by atoms with Crippen molar-refractivity contribution in [3.8, 4) is 5.75 Å².